The molecule has 1 heterocycles. The van der Waals surface area contributed by atoms with Crippen LogP contribution < -0.4 is 10.1 Å². The summed E-state index contributed by atoms with van der Waals surface area (Å²) in [6, 6.07) is 7.31. The van der Waals surface area contributed by atoms with Crippen molar-refractivity contribution in [3.63, 3.8) is 0 Å². The Morgan fingerprint density at radius 1 is 1.26 bits per heavy atom. The Hall–Kier alpha value is -1.51. The van der Waals surface area contributed by atoms with Crippen LogP contribution in [0.25, 0.3) is 0 Å². The standard InChI is InChI=1S/C15H17N3O2S3/c1-10(2)8-21-14-17-18-15(23-14)22-9-13(19)16-11-6-4-5-7-12(11)20-3/h4-7H,1,8-9H2,2-3H3,(H,16,19). The smallest absolute Gasteiger partial charge is 0.234 e. The molecule has 0 aliphatic heterocycles. The van der Waals surface area contributed by atoms with Gasteiger partial charge in [0.15, 0.2) is 8.68 Å². The van der Waals surface area contributed by atoms with E-state index in [1.807, 2.05) is 19.1 Å². The zero-order chi connectivity index (χ0) is 16.7. The molecular weight excluding hydrogens is 350 g/mol. The summed E-state index contributed by atoms with van der Waals surface area (Å²) in [4.78, 5) is 12.0. The number of ether oxygens (including phenoxy) is 1. The van der Waals surface area contributed by atoms with Crippen molar-refractivity contribution in [2.24, 2.45) is 0 Å². The first-order valence-corrected chi connectivity index (χ1v) is 9.53. The minimum Gasteiger partial charge on any atom is -0.495 e. The Bertz CT molecular complexity index is 688. The van der Waals surface area contributed by atoms with Crippen LogP contribution >= 0.6 is 34.9 Å². The molecule has 8 heteroatoms. The van der Waals surface area contributed by atoms with E-state index in [0.29, 0.717) is 11.4 Å². The summed E-state index contributed by atoms with van der Waals surface area (Å²) in [5, 5.41) is 11.0. The van der Waals surface area contributed by atoms with Crippen molar-refractivity contribution < 1.29 is 9.53 Å². The highest BCUT2D eigenvalue weighted by atomic mass is 32.2. The molecule has 0 bridgehead atoms. The molecule has 1 aromatic carbocycles. The van der Waals surface area contributed by atoms with Gasteiger partial charge >= 0.3 is 0 Å². The minimum absolute atomic E-state index is 0.106. The minimum atomic E-state index is -0.106. The lowest BCUT2D eigenvalue weighted by molar-refractivity contribution is -0.113. The maximum absolute atomic E-state index is 12.0. The highest BCUT2D eigenvalue weighted by Crippen LogP contribution is 2.30. The molecule has 2 rings (SSSR count). The molecule has 1 amide bonds. The molecule has 2 aromatic rings. The van der Waals surface area contributed by atoms with Crippen molar-refractivity contribution in [1.82, 2.24) is 10.2 Å². The first-order valence-electron chi connectivity index (χ1n) is 6.75. The van der Waals surface area contributed by atoms with Crippen LogP contribution in [0.2, 0.25) is 0 Å². The molecule has 0 fully saturated rings. The molecule has 0 spiro atoms. The summed E-state index contributed by atoms with van der Waals surface area (Å²) in [7, 11) is 1.57. The van der Waals surface area contributed by atoms with E-state index in [0.717, 1.165) is 20.0 Å². The second-order valence-electron chi connectivity index (χ2n) is 4.62. The first-order chi connectivity index (χ1) is 11.1. The highest BCUT2D eigenvalue weighted by Gasteiger charge is 2.10. The van der Waals surface area contributed by atoms with E-state index in [4.69, 9.17) is 4.74 Å². The van der Waals surface area contributed by atoms with Crippen molar-refractivity contribution in [2.45, 2.75) is 15.6 Å². The van der Waals surface area contributed by atoms with Crippen LogP contribution in [0.15, 0.2) is 45.1 Å². The lowest BCUT2D eigenvalue weighted by atomic mass is 10.3. The Morgan fingerprint density at radius 2 is 1.91 bits per heavy atom. The fourth-order valence-electron chi connectivity index (χ4n) is 1.56. The Balaban J connectivity index is 1.83. The van der Waals surface area contributed by atoms with E-state index in [9.17, 15) is 4.79 Å². The number of anilines is 1. The van der Waals surface area contributed by atoms with Crippen LogP contribution in [0.4, 0.5) is 5.69 Å². The molecule has 0 aliphatic carbocycles. The van der Waals surface area contributed by atoms with Gasteiger partial charge in [0.2, 0.25) is 5.91 Å². The quantitative estimate of drug-likeness (QED) is 0.563. The monoisotopic (exact) mass is 367 g/mol. The van der Waals surface area contributed by atoms with E-state index in [-0.39, 0.29) is 11.7 Å². The number of nitrogens with zero attached hydrogens (tertiary/aromatic N) is 2. The topological polar surface area (TPSA) is 64.1 Å². The van der Waals surface area contributed by atoms with Gasteiger partial charge in [0.25, 0.3) is 0 Å². The molecule has 23 heavy (non-hydrogen) atoms. The van der Waals surface area contributed by atoms with Gasteiger partial charge in [-0.15, -0.1) is 10.2 Å². The van der Waals surface area contributed by atoms with Gasteiger partial charge in [-0.2, -0.15) is 0 Å². The number of carbonyl (C=O) groups is 1. The van der Waals surface area contributed by atoms with E-state index < -0.39 is 0 Å². The zero-order valence-corrected chi connectivity index (χ0v) is 15.3. The predicted octanol–water partition coefficient (Wildman–Crippen LogP) is 3.95. The Kier molecular flexibility index (Phi) is 6.94. The van der Waals surface area contributed by atoms with E-state index in [2.05, 4.69) is 22.1 Å². The maximum atomic E-state index is 12.0. The number of carbonyl (C=O) groups excluding carboxylic acids is 1. The normalized spacial score (nSPS) is 10.3. The lowest BCUT2D eigenvalue weighted by Gasteiger charge is -2.08. The van der Waals surface area contributed by atoms with E-state index >= 15 is 0 Å². The summed E-state index contributed by atoms with van der Waals surface area (Å²) in [6.45, 7) is 5.84. The number of rotatable bonds is 8. The van der Waals surface area contributed by atoms with Crippen LogP contribution in [0.3, 0.4) is 0 Å². The molecule has 0 radical (unpaired) electrons. The van der Waals surface area contributed by atoms with Crippen LogP contribution in [-0.4, -0.2) is 34.7 Å². The SMILES string of the molecule is C=C(C)CSc1nnc(SCC(=O)Nc2ccccc2OC)s1. The van der Waals surface area contributed by atoms with E-state index in [1.165, 1.54) is 23.1 Å². The summed E-state index contributed by atoms with van der Waals surface area (Å²) in [6.07, 6.45) is 0. The van der Waals surface area contributed by atoms with E-state index in [1.54, 1.807) is 31.0 Å². The maximum Gasteiger partial charge on any atom is 0.234 e. The second kappa shape index (κ2) is 8.95. The number of hydrogen-bond donors (Lipinski definition) is 1. The fraction of sp³-hybridized carbons (Fsp3) is 0.267. The third-order valence-corrected chi connectivity index (χ3v) is 5.96. The van der Waals surface area contributed by atoms with Crippen molar-refractivity contribution in [1.29, 1.82) is 0 Å². The fourth-order valence-corrected chi connectivity index (χ4v) is 4.22. The first kappa shape index (κ1) is 17.8. The van der Waals surface area contributed by atoms with Crippen molar-refractivity contribution in [2.75, 3.05) is 23.9 Å². The summed E-state index contributed by atoms with van der Waals surface area (Å²) >= 11 is 4.47. The number of thioether (sulfide) groups is 2. The largest absolute Gasteiger partial charge is 0.495 e. The van der Waals surface area contributed by atoms with Gasteiger partial charge in [-0.05, 0) is 19.1 Å². The Labute approximate surface area is 147 Å². The molecule has 0 unspecified atom stereocenters. The van der Waals surface area contributed by atoms with Crippen molar-refractivity contribution in [3.8, 4) is 5.75 Å². The third-order valence-electron chi connectivity index (χ3n) is 2.54. The lowest BCUT2D eigenvalue weighted by Crippen LogP contribution is -2.14. The van der Waals surface area contributed by atoms with Gasteiger partial charge in [-0.1, -0.05) is 59.1 Å². The molecule has 1 aromatic heterocycles. The molecule has 1 N–H and O–H groups in total. The molecular formula is C15H17N3O2S3. The summed E-state index contributed by atoms with van der Waals surface area (Å²) < 4.78 is 6.88. The molecule has 0 atom stereocenters. The summed E-state index contributed by atoms with van der Waals surface area (Å²) in [5.74, 6) is 1.64. The molecule has 122 valence electrons. The number of nitrogens with one attached hydrogen (secondary N) is 1. The molecule has 0 aliphatic rings. The average Bonchev–Trinajstić information content (AvgIpc) is 2.99. The molecule has 5 nitrogen and oxygen atoms in total. The van der Waals surface area contributed by atoms with Gasteiger partial charge in [0.1, 0.15) is 5.75 Å². The van der Waals surface area contributed by atoms with Gasteiger partial charge in [-0.3, -0.25) is 4.79 Å². The average molecular weight is 368 g/mol. The van der Waals surface area contributed by atoms with Crippen LogP contribution in [0, 0.1) is 0 Å². The number of hydrogen-bond acceptors (Lipinski definition) is 7. The Morgan fingerprint density at radius 3 is 2.57 bits per heavy atom. The molecule has 0 saturated heterocycles. The predicted molar refractivity (Wildman–Crippen MR) is 97.8 cm³/mol. The van der Waals surface area contributed by atoms with Gasteiger partial charge < -0.3 is 10.1 Å². The summed E-state index contributed by atoms with van der Waals surface area (Å²) in [5.41, 5.74) is 1.76. The zero-order valence-electron chi connectivity index (χ0n) is 12.9. The van der Waals surface area contributed by atoms with Crippen molar-refractivity contribution in [3.05, 3.63) is 36.4 Å². The van der Waals surface area contributed by atoms with Crippen LogP contribution in [-0.2, 0) is 4.79 Å². The highest BCUT2D eigenvalue weighted by molar-refractivity contribution is 8.03. The second-order valence-corrected chi connectivity index (χ2v) is 8.04. The van der Waals surface area contributed by atoms with Crippen LogP contribution in [0.5, 0.6) is 5.75 Å². The molecule has 0 saturated carbocycles. The van der Waals surface area contributed by atoms with Gasteiger partial charge in [0, 0.05) is 5.75 Å². The third kappa shape index (κ3) is 5.89. The number of benzene rings is 1. The number of amides is 1. The van der Waals surface area contributed by atoms with Gasteiger partial charge in [-0.25, -0.2) is 0 Å². The number of aromatic nitrogens is 2. The van der Waals surface area contributed by atoms with Crippen LogP contribution in [0.1, 0.15) is 6.92 Å². The number of methoxy groups -OCH3 is 1. The van der Waals surface area contributed by atoms with Crippen molar-refractivity contribution >= 4 is 46.5 Å². The number of para-hydroxylation sites is 2. The van der Waals surface area contributed by atoms with Gasteiger partial charge in [0.05, 0.1) is 18.6 Å².